The van der Waals surface area contributed by atoms with Crippen LogP contribution in [0.25, 0.3) is 0 Å². The van der Waals surface area contributed by atoms with Crippen LogP contribution in [0.3, 0.4) is 0 Å². The Labute approximate surface area is 101 Å². The summed E-state index contributed by atoms with van der Waals surface area (Å²) in [6.45, 7) is 9.78. The third-order valence-corrected chi connectivity index (χ3v) is 4.80. The predicted octanol–water partition coefficient (Wildman–Crippen LogP) is 3.24. The molecule has 0 bridgehead atoms. The van der Waals surface area contributed by atoms with E-state index >= 15 is 0 Å². The van der Waals surface area contributed by atoms with Crippen LogP contribution in [-0.4, -0.2) is 22.5 Å². The molecule has 0 aromatic carbocycles. The highest BCUT2D eigenvalue weighted by Gasteiger charge is 2.17. The zero-order valence-electron chi connectivity index (χ0n) is 10.1. The van der Waals surface area contributed by atoms with Crippen molar-refractivity contribution in [1.82, 2.24) is 10.3 Å². The van der Waals surface area contributed by atoms with Gasteiger partial charge >= 0.3 is 0 Å². The Morgan fingerprint density at radius 3 is 2.73 bits per heavy atom. The van der Waals surface area contributed by atoms with E-state index in [4.69, 9.17) is 0 Å². The van der Waals surface area contributed by atoms with Crippen molar-refractivity contribution in [2.75, 3.05) is 12.8 Å². The number of nitrogens with one attached hydrogen (secondary N) is 1. The minimum Gasteiger partial charge on any atom is -0.308 e. The predicted molar refractivity (Wildman–Crippen MR) is 70.9 cm³/mol. The summed E-state index contributed by atoms with van der Waals surface area (Å²) in [5.41, 5.74) is 0. The second kappa shape index (κ2) is 5.32. The topological polar surface area (TPSA) is 24.9 Å². The number of aromatic nitrogens is 1. The van der Waals surface area contributed by atoms with Gasteiger partial charge in [0.1, 0.15) is 0 Å². The minimum atomic E-state index is 0.300. The van der Waals surface area contributed by atoms with Gasteiger partial charge in [-0.15, -0.1) is 11.3 Å². The van der Waals surface area contributed by atoms with Gasteiger partial charge in [0.15, 0.2) is 0 Å². The molecule has 0 aliphatic rings. The Morgan fingerprint density at radius 2 is 2.27 bits per heavy atom. The zero-order chi connectivity index (χ0) is 11.5. The highest BCUT2D eigenvalue weighted by molar-refractivity contribution is 7.99. The molecule has 0 fully saturated rings. The molecule has 0 radical (unpaired) electrons. The first kappa shape index (κ1) is 13.0. The molecule has 86 valence electrons. The Morgan fingerprint density at radius 1 is 1.60 bits per heavy atom. The number of hydrogen-bond donors (Lipinski definition) is 1. The van der Waals surface area contributed by atoms with Gasteiger partial charge in [0.2, 0.25) is 0 Å². The summed E-state index contributed by atoms with van der Waals surface area (Å²) in [4.78, 5) is 5.60. The maximum atomic E-state index is 4.28. The highest BCUT2D eigenvalue weighted by atomic mass is 32.2. The zero-order valence-corrected chi connectivity index (χ0v) is 11.8. The molecule has 0 aliphatic heterocycles. The molecule has 0 spiro atoms. The SMILES string of the molecule is CSC(C)(C)CNC(C)c1cnc(C)s1. The molecule has 1 aromatic heterocycles. The van der Waals surface area contributed by atoms with E-state index in [-0.39, 0.29) is 0 Å². The molecular formula is C11H20N2S2. The first-order valence-corrected chi connectivity index (χ1v) is 7.19. The summed E-state index contributed by atoms with van der Waals surface area (Å²) >= 11 is 3.67. The Balaban J connectivity index is 2.46. The van der Waals surface area contributed by atoms with Crippen molar-refractivity contribution >= 4 is 23.1 Å². The third-order valence-electron chi connectivity index (χ3n) is 2.45. The van der Waals surface area contributed by atoms with Crippen molar-refractivity contribution in [2.24, 2.45) is 0 Å². The molecule has 0 saturated heterocycles. The van der Waals surface area contributed by atoms with E-state index < -0.39 is 0 Å². The minimum absolute atomic E-state index is 0.300. The summed E-state index contributed by atoms with van der Waals surface area (Å²) in [5.74, 6) is 0. The van der Waals surface area contributed by atoms with Crippen LogP contribution in [0.15, 0.2) is 6.20 Å². The van der Waals surface area contributed by atoms with Gasteiger partial charge in [-0.2, -0.15) is 11.8 Å². The third kappa shape index (κ3) is 4.13. The quantitative estimate of drug-likeness (QED) is 0.860. The van der Waals surface area contributed by atoms with Crippen LogP contribution in [0.2, 0.25) is 0 Å². The Bertz CT molecular complexity index is 307. The number of nitrogens with zero attached hydrogens (tertiary/aromatic N) is 1. The summed E-state index contributed by atoms with van der Waals surface area (Å²) in [7, 11) is 0. The van der Waals surface area contributed by atoms with E-state index in [1.165, 1.54) is 4.88 Å². The van der Waals surface area contributed by atoms with Gasteiger partial charge in [-0.05, 0) is 34.0 Å². The van der Waals surface area contributed by atoms with Gasteiger partial charge in [-0.1, -0.05) is 0 Å². The van der Waals surface area contributed by atoms with Gasteiger partial charge in [-0.3, -0.25) is 0 Å². The lowest BCUT2D eigenvalue weighted by molar-refractivity contribution is 0.527. The average molecular weight is 244 g/mol. The van der Waals surface area contributed by atoms with Crippen LogP contribution < -0.4 is 5.32 Å². The second-order valence-corrected chi connectivity index (χ2v) is 7.13. The molecular weight excluding hydrogens is 224 g/mol. The molecule has 1 rings (SSSR count). The number of thioether (sulfide) groups is 1. The van der Waals surface area contributed by atoms with Crippen LogP contribution in [0.1, 0.15) is 36.7 Å². The van der Waals surface area contributed by atoms with Crippen molar-refractivity contribution in [1.29, 1.82) is 0 Å². The molecule has 15 heavy (non-hydrogen) atoms. The molecule has 0 amide bonds. The molecule has 0 saturated carbocycles. The van der Waals surface area contributed by atoms with Crippen LogP contribution >= 0.6 is 23.1 Å². The van der Waals surface area contributed by atoms with Crippen molar-refractivity contribution in [3.63, 3.8) is 0 Å². The summed E-state index contributed by atoms with van der Waals surface area (Å²) in [6.07, 6.45) is 4.13. The molecule has 0 aliphatic carbocycles. The van der Waals surface area contributed by atoms with E-state index in [2.05, 4.69) is 37.3 Å². The van der Waals surface area contributed by atoms with Crippen molar-refractivity contribution in [3.8, 4) is 0 Å². The maximum absolute atomic E-state index is 4.28. The van der Waals surface area contributed by atoms with Gasteiger partial charge in [-0.25, -0.2) is 4.98 Å². The largest absolute Gasteiger partial charge is 0.308 e. The monoisotopic (exact) mass is 244 g/mol. The van der Waals surface area contributed by atoms with E-state index in [1.807, 2.05) is 24.9 Å². The van der Waals surface area contributed by atoms with E-state index in [9.17, 15) is 0 Å². The fraction of sp³-hybridized carbons (Fsp3) is 0.727. The molecule has 1 atom stereocenters. The number of aryl methyl sites for hydroxylation is 1. The average Bonchev–Trinajstić information content (AvgIpc) is 2.61. The number of rotatable bonds is 5. The Kier molecular flexibility index (Phi) is 4.62. The Hall–Kier alpha value is -0.0600. The van der Waals surface area contributed by atoms with Crippen molar-refractivity contribution in [3.05, 3.63) is 16.1 Å². The van der Waals surface area contributed by atoms with E-state index in [0.29, 0.717) is 10.8 Å². The number of thiazole rings is 1. The van der Waals surface area contributed by atoms with Gasteiger partial charge < -0.3 is 5.32 Å². The summed E-state index contributed by atoms with van der Waals surface area (Å²) in [5, 5.41) is 4.69. The van der Waals surface area contributed by atoms with Gasteiger partial charge in [0, 0.05) is 28.4 Å². The van der Waals surface area contributed by atoms with Crippen molar-refractivity contribution < 1.29 is 0 Å². The van der Waals surface area contributed by atoms with Crippen LogP contribution in [0, 0.1) is 6.92 Å². The molecule has 1 heterocycles. The normalized spacial score (nSPS) is 14.2. The summed E-state index contributed by atoms with van der Waals surface area (Å²) in [6, 6.07) is 0.405. The molecule has 1 aromatic rings. The maximum Gasteiger partial charge on any atom is 0.0897 e. The fourth-order valence-electron chi connectivity index (χ4n) is 1.15. The lowest BCUT2D eigenvalue weighted by Crippen LogP contribution is -2.33. The first-order valence-electron chi connectivity index (χ1n) is 5.15. The van der Waals surface area contributed by atoms with Crippen molar-refractivity contribution in [2.45, 2.75) is 38.5 Å². The highest BCUT2D eigenvalue weighted by Crippen LogP contribution is 2.23. The fourth-order valence-corrected chi connectivity index (χ4v) is 2.19. The number of hydrogen-bond acceptors (Lipinski definition) is 4. The molecule has 4 heteroatoms. The molecule has 1 N–H and O–H groups in total. The second-order valence-electron chi connectivity index (χ2n) is 4.35. The van der Waals surface area contributed by atoms with Crippen LogP contribution in [0.4, 0.5) is 0 Å². The summed E-state index contributed by atoms with van der Waals surface area (Å²) < 4.78 is 0.300. The lowest BCUT2D eigenvalue weighted by atomic mass is 10.2. The first-order chi connectivity index (χ1) is 6.94. The van der Waals surface area contributed by atoms with E-state index in [1.54, 1.807) is 11.3 Å². The molecule has 2 nitrogen and oxygen atoms in total. The van der Waals surface area contributed by atoms with Crippen LogP contribution in [0.5, 0.6) is 0 Å². The van der Waals surface area contributed by atoms with Gasteiger partial charge in [0.05, 0.1) is 5.01 Å². The lowest BCUT2D eigenvalue weighted by Gasteiger charge is -2.24. The van der Waals surface area contributed by atoms with Gasteiger partial charge in [0.25, 0.3) is 0 Å². The van der Waals surface area contributed by atoms with Crippen LogP contribution in [-0.2, 0) is 0 Å². The standard InChI is InChI=1S/C11H20N2S2/c1-8(10-6-12-9(2)15-10)13-7-11(3,4)14-5/h6,8,13H,7H2,1-5H3. The smallest absolute Gasteiger partial charge is 0.0897 e. The molecule has 1 unspecified atom stereocenters. The van der Waals surface area contributed by atoms with E-state index in [0.717, 1.165) is 11.6 Å².